The van der Waals surface area contributed by atoms with Crippen molar-refractivity contribution >= 4 is 22.1 Å². The molecule has 0 fully saturated rings. The van der Waals surface area contributed by atoms with Gasteiger partial charge in [-0.05, 0) is 52.5 Å². The second-order valence-corrected chi connectivity index (χ2v) is 8.18. The second-order valence-electron chi connectivity index (χ2n) is 8.18. The molecule has 4 rings (SSSR count). The summed E-state index contributed by atoms with van der Waals surface area (Å²) in [6.07, 6.45) is 14.7. The number of unbranched alkanes of at least 4 members (excludes halogenated alkanes) is 9. The van der Waals surface area contributed by atoms with E-state index in [0.717, 1.165) is 28.5 Å². The van der Waals surface area contributed by atoms with Crippen molar-refractivity contribution in [3.8, 4) is 0 Å². The van der Waals surface area contributed by atoms with E-state index in [-0.39, 0.29) is 0 Å². The third-order valence-electron chi connectivity index (χ3n) is 5.69. The number of aromatic nitrogens is 6. The molecule has 0 N–H and O–H groups in total. The van der Waals surface area contributed by atoms with Crippen LogP contribution in [0.4, 0.5) is 0 Å². The lowest BCUT2D eigenvalue weighted by Crippen LogP contribution is -2.15. The Hall–Kier alpha value is -2.76. The maximum Gasteiger partial charge on any atom is 0.115 e. The van der Waals surface area contributed by atoms with Gasteiger partial charge in [0.15, 0.2) is 0 Å². The summed E-state index contributed by atoms with van der Waals surface area (Å²) in [6.45, 7) is 2.28. The first-order chi connectivity index (χ1) is 14.8. The molecule has 158 valence electrons. The predicted molar refractivity (Wildman–Crippen MR) is 121 cm³/mol. The van der Waals surface area contributed by atoms with Crippen molar-refractivity contribution < 1.29 is 0 Å². The van der Waals surface area contributed by atoms with Crippen molar-refractivity contribution in [2.24, 2.45) is 0 Å². The fourth-order valence-electron chi connectivity index (χ4n) is 3.93. The van der Waals surface area contributed by atoms with Gasteiger partial charge in [-0.25, -0.2) is 0 Å². The number of aryl methyl sites for hydroxylation is 1. The van der Waals surface area contributed by atoms with Crippen molar-refractivity contribution in [2.75, 3.05) is 0 Å². The molecule has 0 saturated heterocycles. The minimum atomic E-state index is 0.834. The van der Waals surface area contributed by atoms with Gasteiger partial charge in [0, 0.05) is 0 Å². The summed E-state index contributed by atoms with van der Waals surface area (Å²) < 4.78 is 0. The van der Waals surface area contributed by atoms with Gasteiger partial charge >= 0.3 is 0 Å². The second kappa shape index (κ2) is 10.3. The molecule has 0 aliphatic heterocycles. The highest BCUT2D eigenvalue weighted by atomic mass is 15.8. The van der Waals surface area contributed by atoms with Crippen LogP contribution >= 0.6 is 0 Å². The predicted octanol–water partition coefficient (Wildman–Crippen LogP) is 5.95. The Morgan fingerprint density at radius 1 is 0.567 bits per heavy atom. The van der Waals surface area contributed by atoms with Gasteiger partial charge in [-0.3, -0.25) is 0 Å². The van der Waals surface area contributed by atoms with Crippen LogP contribution in [0.25, 0.3) is 22.1 Å². The molecule has 6 heteroatoms. The Morgan fingerprint density at radius 3 is 1.67 bits per heavy atom. The molecule has 4 aromatic rings. The molecule has 0 aliphatic rings. The summed E-state index contributed by atoms with van der Waals surface area (Å²) in [5, 5.41) is 18.0. The third kappa shape index (κ3) is 5.23. The molecular weight excluding hydrogens is 372 g/mol. The molecule has 2 heterocycles. The molecule has 0 atom stereocenters. The first kappa shape index (κ1) is 20.5. The van der Waals surface area contributed by atoms with Crippen LogP contribution in [0.1, 0.15) is 76.7 Å². The average Bonchev–Trinajstić information content (AvgIpc) is 3.38. The maximum atomic E-state index is 4.58. The molecule has 2 aromatic carbocycles. The van der Waals surface area contributed by atoms with Crippen LogP contribution in [-0.2, 0) is 6.42 Å². The smallest absolute Gasteiger partial charge is 0.115 e. The lowest BCUT2D eigenvalue weighted by Gasteiger charge is -2.03. The van der Waals surface area contributed by atoms with E-state index in [0.29, 0.717) is 0 Å². The van der Waals surface area contributed by atoms with Gasteiger partial charge in [0.25, 0.3) is 0 Å². The number of nitrogens with zero attached hydrogens (tertiary/aromatic N) is 6. The number of fused-ring (bicyclic) bond motifs is 2. The largest absolute Gasteiger partial charge is 0.128 e. The van der Waals surface area contributed by atoms with E-state index in [9.17, 15) is 0 Å². The van der Waals surface area contributed by atoms with Gasteiger partial charge in [0.2, 0.25) is 0 Å². The lowest BCUT2D eigenvalue weighted by molar-refractivity contribution is 0.399. The van der Waals surface area contributed by atoms with Crippen molar-refractivity contribution in [3.63, 3.8) is 0 Å². The van der Waals surface area contributed by atoms with Crippen LogP contribution in [0, 0.1) is 0 Å². The van der Waals surface area contributed by atoms with Crippen LogP contribution in [0.3, 0.4) is 0 Å². The summed E-state index contributed by atoms with van der Waals surface area (Å²) >= 11 is 0. The van der Waals surface area contributed by atoms with Crippen LogP contribution < -0.4 is 0 Å². The SMILES string of the molecule is CCCCCCCCCCCCc1ccc2nn(-n3nc4ccccc4n3)nc2c1. The molecule has 0 spiro atoms. The molecule has 0 aliphatic carbocycles. The summed E-state index contributed by atoms with van der Waals surface area (Å²) in [6, 6.07) is 14.1. The molecule has 2 aromatic heterocycles. The first-order valence-electron chi connectivity index (χ1n) is 11.5. The van der Waals surface area contributed by atoms with E-state index in [4.69, 9.17) is 0 Å². The molecule has 0 unspecified atom stereocenters. The number of benzene rings is 2. The van der Waals surface area contributed by atoms with E-state index in [1.165, 1.54) is 79.6 Å². The number of hydrogen-bond donors (Lipinski definition) is 0. The summed E-state index contributed by atoms with van der Waals surface area (Å²) in [4.78, 5) is 2.92. The normalized spacial score (nSPS) is 11.6. The van der Waals surface area contributed by atoms with Crippen LogP contribution in [0.5, 0.6) is 0 Å². The molecule has 30 heavy (non-hydrogen) atoms. The standard InChI is InChI=1S/C24H32N6/c1-2-3-4-5-6-7-8-9-10-11-14-20-17-18-23-24(19-20)28-30(27-23)29-25-21-15-12-13-16-22(21)26-29/h12-13,15-19H,2-11,14H2,1H3. The van der Waals surface area contributed by atoms with E-state index < -0.39 is 0 Å². The highest BCUT2D eigenvalue weighted by Gasteiger charge is 2.08. The highest BCUT2D eigenvalue weighted by molar-refractivity contribution is 5.74. The Morgan fingerprint density at radius 2 is 1.07 bits per heavy atom. The fraction of sp³-hybridized carbons (Fsp3) is 0.500. The molecule has 6 nitrogen and oxygen atoms in total. The number of hydrogen-bond acceptors (Lipinski definition) is 4. The first-order valence-corrected chi connectivity index (χ1v) is 11.5. The fourth-order valence-corrected chi connectivity index (χ4v) is 3.93. The Bertz CT molecular complexity index is 1030. The van der Waals surface area contributed by atoms with Crippen molar-refractivity contribution in [1.82, 2.24) is 30.2 Å². The molecular formula is C24H32N6. The Kier molecular flexibility index (Phi) is 7.06. The van der Waals surface area contributed by atoms with Crippen LogP contribution in [0.2, 0.25) is 0 Å². The lowest BCUT2D eigenvalue weighted by atomic mass is 10.0. The van der Waals surface area contributed by atoms with Gasteiger partial charge in [-0.1, -0.05) is 82.9 Å². The maximum absolute atomic E-state index is 4.58. The molecule has 0 bridgehead atoms. The Balaban J connectivity index is 1.26. The van der Waals surface area contributed by atoms with Crippen LogP contribution in [-0.4, -0.2) is 30.2 Å². The van der Waals surface area contributed by atoms with E-state index >= 15 is 0 Å². The van der Waals surface area contributed by atoms with Crippen molar-refractivity contribution in [1.29, 1.82) is 0 Å². The topological polar surface area (TPSA) is 61.4 Å². The minimum Gasteiger partial charge on any atom is -0.128 e. The number of rotatable bonds is 12. The van der Waals surface area contributed by atoms with Gasteiger partial charge in [-0.15, -0.1) is 20.4 Å². The summed E-state index contributed by atoms with van der Waals surface area (Å²) in [5.41, 5.74) is 4.75. The zero-order chi connectivity index (χ0) is 20.6. The average molecular weight is 405 g/mol. The van der Waals surface area contributed by atoms with Gasteiger partial charge in [0.1, 0.15) is 22.1 Å². The van der Waals surface area contributed by atoms with E-state index in [1.54, 1.807) is 0 Å². The molecule has 0 radical (unpaired) electrons. The molecule has 0 amide bonds. The van der Waals surface area contributed by atoms with E-state index in [1.807, 2.05) is 30.3 Å². The Labute approximate surface area is 178 Å². The monoisotopic (exact) mass is 404 g/mol. The quantitative estimate of drug-likeness (QED) is 0.274. The summed E-state index contributed by atoms with van der Waals surface area (Å²) in [7, 11) is 0. The van der Waals surface area contributed by atoms with E-state index in [2.05, 4.69) is 39.5 Å². The highest BCUT2D eigenvalue weighted by Crippen LogP contribution is 2.16. The zero-order valence-corrected chi connectivity index (χ0v) is 18.0. The van der Waals surface area contributed by atoms with Gasteiger partial charge in [-0.2, -0.15) is 0 Å². The minimum absolute atomic E-state index is 0.834. The summed E-state index contributed by atoms with van der Waals surface area (Å²) in [5.74, 6) is 0. The van der Waals surface area contributed by atoms with Gasteiger partial charge in [0.05, 0.1) is 0 Å². The van der Waals surface area contributed by atoms with Crippen molar-refractivity contribution in [3.05, 3.63) is 48.0 Å². The third-order valence-corrected chi connectivity index (χ3v) is 5.69. The zero-order valence-electron chi connectivity index (χ0n) is 18.0. The van der Waals surface area contributed by atoms with Gasteiger partial charge < -0.3 is 0 Å². The molecule has 0 saturated carbocycles. The van der Waals surface area contributed by atoms with Crippen molar-refractivity contribution in [2.45, 2.75) is 77.6 Å². The van der Waals surface area contributed by atoms with Crippen LogP contribution in [0.15, 0.2) is 42.5 Å².